The van der Waals surface area contributed by atoms with Crippen LogP contribution in [0, 0.1) is 0 Å². The van der Waals surface area contributed by atoms with E-state index in [2.05, 4.69) is 24.4 Å². The SMILES string of the molecule is CNC(C)c1ccc(-c2cc(Cl)ccc2OC)s1. The van der Waals surface area contributed by atoms with E-state index in [9.17, 15) is 0 Å². The minimum absolute atomic E-state index is 0.355. The van der Waals surface area contributed by atoms with Crippen LogP contribution < -0.4 is 10.1 Å². The largest absolute Gasteiger partial charge is 0.496 e. The van der Waals surface area contributed by atoms with Crippen molar-refractivity contribution in [1.29, 1.82) is 0 Å². The first-order valence-corrected chi connectivity index (χ1v) is 6.96. The Morgan fingerprint density at radius 3 is 2.72 bits per heavy atom. The zero-order chi connectivity index (χ0) is 13.1. The molecule has 0 bridgehead atoms. The van der Waals surface area contributed by atoms with Gasteiger partial charge in [-0.05, 0) is 44.3 Å². The predicted octanol–water partition coefficient (Wildman–Crippen LogP) is 4.36. The highest BCUT2D eigenvalue weighted by atomic mass is 35.5. The lowest BCUT2D eigenvalue weighted by Crippen LogP contribution is -2.10. The van der Waals surface area contributed by atoms with E-state index in [4.69, 9.17) is 16.3 Å². The number of rotatable bonds is 4. The molecule has 0 fully saturated rings. The van der Waals surface area contributed by atoms with Crippen LogP contribution in [0.2, 0.25) is 5.02 Å². The van der Waals surface area contributed by atoms with Crippen LogP contribution in [-0.4, -0.2) is 14.2 Å². The zero-order valence-corrected chi connectivity index (χ0v) is 12.2. The lowest BCUT2D eigenvalue weighted by molar-refractivity contribution is 0.416. The Morgan fingerprint density at radius 1 is 1.28 bits per heavy atom. The lowest BCUT2D eigenvalue weighted by Gasteiger charge is -2.08. The Balaban J connectivity index is 2.42. The average Bonchev–Trinajstić information content (AvgIpc) is 2.87. The van der Waals surface area contributed by atoms with Gasteiger partial charge in [0.05, 0.1) is 7.11 Å². The van der Waals surface area contributed by atoms with Crippen LogP contribution in [0.1, 0.15) is 17.8 Å². The second-order valence-corrected chi connectivity index (χ2v) is 5.61. The van der Waals surface area contributed by atoms with Crippen molar-refractivity contribution in [2.75, 3.05) is 14.2 Å². The van der Waals surface area contributed by atoms with Crippen LogP contribution in [0.25, 0.3) is 10.4 Å². The maximum Gasteiger partial charge on any atom is 0.127 e. The molecule has 0 aliphatic carbocycles. The number of ether oxygens (including phenoxy) is 1. The van der Waals surface area contributed by atoms with Crippen LogP contribution in [0.3, 0.4) is 0 Å². The second kappa shape index (κ2) is 5.74. The van der Waals surface area contributed by atoms with E-state index in [1.807, 2.05) is 25.2 Å². The molecule has 1 unspecified atom stereocenters. The van der Waals surface area contributed by atoms with E-state index in [1.165, 1.54) is 9.75 Å². The molecule has 0 aliphatic rings. The Kier molecular flexibility index (Phi) is 4.27. The summed E-state index contributed by atoms with van der Waals surface area (Å²) < 4.78 is 5.38. The van der Waals surface area contributed by atoms with E-state index in [1.54, 1.807) is 18.4 Å². The fourth-order valence-corrected chi connectivity index (χ4v) is 3.01. The van der Waals surface area contributed by atoms with E-state index >= 15 is 0 Å². The van der Waals surface area contributed by atoms with Crippen molar-refractivity contribution in [3.63, 3.8) is 0 Å². The molecule has 0 saturated carbocycles. The molecule has 1 aromatic heterocycles. The summed E-state index contributed by atoms with van der Waals surface area (Å²) in [5, 5.41) is 3.96. The summed E-state index contributed by atoms with van der Waals surface area (Å²) in [6.07, 6.45) is 0. The molecule has 1 atom stereocenters. The van der Waals surface area contributed by atoms with Gasteiger partial charge in [-0.25, -0.2) is 0 Å². The molecule has 0 spiro atoms. The molecular weight excluding hydrogens is 266 g/mol. The Morgan fingerprint density at radius 2 is 2.06 bits per heavy atom. The fourth-order valence-electron chi connectivity index (χ4n) is 1.75. The van der Waals surface area contributed by atoms with Gasteiger partial charge in [-0.15, -0.1) is 11.3 Å². The highest BCUT2D eigenvalue weighted by Crippen LogP contribution is 2.38. The van der Waals surface area contributed by atoms with E-state index in [0.717, 1.165) is 16.3 Å². The minimum atomic E-state index is 0.355. The molecule has 0 saturated heterocycles. The lowest BCUT2D eigenvalue weighted by atomic mass is 10.1. The third kappa shape index (κ3) is 2.69. The summed E-state index contributed by atoms with van der Waals surface area (Å²) in [5.74, 6) is 0.852. The van der Waals surface area contributed by atoms with Crippen molar-refractivity contribution >= 4 is 22.9 Å². The smallest absolute Gasteiger partial charge is 0.127 e. The van der Waals surface area contributed by atoms with Crippen LogP contribution >= 0.6 is 22.9 Å². The van der Waals surface area contributed by atoms with Gasteiger partial charge in [-0.3, -0.25) is 0 Å². The average molecular weight is 282 g/mol. The number of thiophene rings is 1. The third-order valence-electron chi connectivity index (χ3n) is 2.91. The molecule has 0 aliphatic heterocycles. The summed E-state index contributed by atoms with van der Waals surface area (Å²) in [5.41, 5.74) is 1.05. The van der Waals surface area contributed by atoms with Crippen molar-refractivity contribution in [2.45, 2.75) is 13.0 Å². The van der Waals surface area contributed by atoms with Gasteiger partial charge in [-0.1, -0.05) is 11.6 Å². The molecule has 1 N–H and O–H groups in total. The van der Waals surface area contributed by atoms with Gasteiger partial charge in [0, 0.05) is 26.4 Å². The molecular formula is C14H16ClNOS. The quantitative estimate of drug-likeness (QED) is 0.899. The first-order chi connectivity index (χ1) is 8.65. The zero-order valence-electron chi connectivity index (χ0n) is 10.7. The number of halogens is 1. The topological polar surface area (TPSA) is 21.3 Å². The molecule has 1 heterocycles. The normalized spacial score (nSPS) is 12.4. The van der Waals surface area contributed by atoms with E-state index in [-0.39, 0.29) is 0 Å². The fraction of sp³-hybridized carbons (Fsp3) is 0.286. The van der Waals surface area contributed by atoms with Gasteiger partial charge in [0.25, 0.3) is 0 Å². The molecule has 2 nitrogen and oxygen atoms in total. The molecule has 96 valence electrons. The summed E-state index contributed by atoms with van der Waals surface area (Å²) >= 11 is 7.81. The van der Waals surface area contributed by atoms with E-state index in [0.29, 0.717) is 6.04 Å². The van der Waals surface area contributed by atoms with Crippen molar-refractivity contribution in [3.05, 3.63) is 40.2 Å². The van der Waals surface area contributed by atoms with Crippen LogP contribution in [0.4, 0.5) is 0 Å². The van der Waals surface area contributed by atoms with Crippen molar-refractivity contribution < 1.29 is 4.74 Å². The van der Waals surface area contributed by atoms with Gasteiger partial charge in [0.1, 0.15) is 5.75 Å². The van der Waals surface area contributed by atoms with Crippen molar-refractivity contribution in [3.8, 4) is 16.2 Å². The van der Waals surface area contributed by atoms with Gasteiger partial charge in [0.15, 0.2) is 0 Å². The monoisotopic (exact) mass is 281 g/mol. The molecule has 2 rings (SSSR count). The number of methoxy groups -OCH3 is 1. The number of hydrogen-bond acceptors (Lipinski definition) is 3. The van der Waals surface area contributed by atoms with E-state index < -0.39 is 0 Å². The van der Waals surface area contributed by atoms with Crippen LogP contribution in [0.15, 0.2) is 30.3 Å². The number of benzene rings is 1. The Bertz CT molecular complexity index is 538. The van der Waals surface area contributed by atoms with Gasteiger partial charge in [-0.2, -0.15) is 0 Å². The molecule has 18 heavy (non-hydrogen) atoms. The summed E-state index contributed by atoms with van der Waals surface area (Å²) in [7, 11) is 3.64. The van der Waals surface area contributed by atoms with Crippen LogP contribution in [-0.2, 0) is 0 Å². The minimum Gasteiger partial charge on any atom is -0.496 e. The standard InChI is InChI=1S/C14H16ClNOS/c1-9(16-2)13-6-7-14(18-13)11-8-10(15)4-5-12(11)17-3/h4-9,16H,1-3H3. The Hall–Kier alpha value is -1.03. The number of hydrogen-bond donors (Lipinski definition) is 1. The summed E-state index contributed by atoms with van der Waals surface area (Å²) in [6.45, 7) is 2.14. The van der Waals surface area contributed by atoms with Crippen molar-refractivity contribution in [1.82, 2.24) is 5.32 Å². The summed E-state index contributed by atoms with van der Waals surface area (Å²) in [4.78, 5) is 2.47. The maximum atomic E-state index is 6.06. The highest BCUT2D eigenvalue weighted by Gasteiger charge is 2.11. The molecule has 2 aromatic rings. The maximum absolute atomic E-state index is 6.06. The molecule has 0 radical (unpaired) electrons. The molecule has 0 amide bonds. The van der Waals surface area contributed by atoms with Gasteiger partial charge in [0.2, 0.25) is 0 Å². The molecule has 4 heteroatoms. The predicted molar refractivity (Wildman–Crippen MR) is 78.8 cm³/mol. The van der Waals surface area contributed by atoms with Crippen molar-refractivity contribution in [2.24, 2.45) is 0 Å². The number of nitrogens with one attached hydrogen (secondary N) is 1. The first kappa shape index (κ1) is 13.4. The second-order valence-electron chi connectivity index (χ2n) is 4.06. The third-order valence-corrected chi connectivity index (χ3v) is 4.45. The van der Waals surface area contributed by atoms with Gasteiger partial charge >= 0.3 is 0 Å². The van der Waals surface area contributed by atoms with Crippen LogP contribution in [0.5, 0.6) is 5.75 Å². The molecule has 1 aromatic carbocycles. The highest BCUT2D eigenvalue weighted by molar-refractivity contribution is 7.15. The first-order valence-electron chi connectivity index (χ1n) is 5.76. The summed E-state index contributed by atoms with van der Waals surface area (Å²) in [6, 6.07) is 10.3. The Labute approximate surface area is 117 Å². The van der Waals surface area contributed by atoms with Gasteiger partial charge < -0.3 is 10.1 Å².